The van der Waals surface area contributed by atoms with Crippen molar-refractivity contribution >= 4 is 23.6 Å². The molecule has 1 aliphatic heterocycles. The number of carbonyl (C=O) groups is 2. The Hall–Kier alpha value is -0.710. The molecule has 1 saturated carbocycles. The van der Waals surface area contributed by atoms with Crippen LogP contribution in [0.5, 0.6) is 0 Å². The number of thioether (sulfide) groups is 1. The molecule has 2 atom stereocenters. The van der Waals surface area contributed by atoms with Gasteiger partial charge in [-0.1, -0.05) is 27.7 Å². The van der Waals surface area contributed by atoms with Crippen molar-refractivity contribution in [1.82, 2.24) is 9.80 Å². The molecule has 0 aromatic carbocycles. The van der Waals surface area contributed by atoms with E-state index in [4.69, 9.17) is 0 Å². The summed E-state index contributed by atoms with van der Waals surface area (Å²) in [5.74, 6) is 1.86. The van der Waals surface area contributed by atoms with E-state index in [1.165, 1.54) is 0 Å². The molecule has 114 valence electrons. The smallest absolute Gasteiger partial charge is 0.232 e. The molecular formula is C15H26N2O2S. The zero-order chi connectivity index (χ0) is 14.9. The Bertz CT molecular complexity index is 384. The number of rotatable bonds is 3. The molecule has 0 aromatic heterocycles. The van der Waals surface area contributed by atoms with Crippen LogP contribution in [0.3, 0.4) is 0 Å². The average molecular weight is 298 g/mol. The highest BCUT2D eigenvalue weighted by Gasteiger charge is 2.42. The van der Waals surface area contributed by atoms with Crippen molar-refractivity contribution in [3.05, 3.63) is 0 Å². The fourth-order valence-corrected chi connectivity index (χ4v) is 3.19. The van der Waals surface area contributed by atoms with Gasteiger partial charge in [-0.3, -0.25) is 9.59 Å². The highest BCUT2D eigenvalue weighted by atomic mass is 32.2. The van der Waals surface area contributed by atoms with Crippen molar-refractivity contribution in [1.29, 1.82) is 0 Å². The van der Waals surface area contributed by atoms with Gasteiger partial charge in [-0.15, -0.1) is 11.8 Å². The Labute approximate surface area is 126 Å². The predicted molar refractivity (Wildman–Crippen MR) is 82.6 cm³/mol. The van der Waals surface area contributed by atoms with Crippen molar-refractivity contribution < 1.29 is 9.59 Å². The molecule has 1 aliphatic carbocycles. The first-order valence-corrected chi connectivity index (χ1v) is 8.47. The molecule has 5 heteroatoms. The minimum Gasteiger partial charge on any atom is -0.339 e. The van der Waals surface area contributed by atoms with Crippen LogP contribution >= 0.6 is 11.8 Å². The van der Waals surface area contributed by atoms with E-state index in [2.05, 4.69) is 27.7 Å². The third-order valence-corrected chi connectivity index (χ3v) is 5.26. The van der Waals surface area contributed by atoms with Crippen LogP contribution in [0, 0.1) is 11.8 Å². The molecule has 2 fully saturated rings. The summed E-state index contributed by atoms with van der Waals surface area (Å²) in [6.45, 7) is 11.3. The maximum Gasteiger partial charge on any atom is 0.232 e. The second-order valence-electron chi connectivity index (χ2n) is 6.93. The lowest BCUT2D eigenvalue weighted by atomic mass is 10.2. The van der Waals surface area contributed by atoms with E-state index < -0.39 is 0 Å². The summed E-state index contributed by atoms with van der Waals surface area (Å²) in [6, 6.07) is 0. The van der Waals surface area contributed by atoms with Gasteiger partial charge in [-0.2, -0.15) is 0 Å². The second kappa shape index (κ2) is 5.96. The summed E-state index contributed by atoms with van der Waals surface area (Å²) in [6.07, 6.45) is 1.04. The van der Waals surface area contributed by atoms with Crippen molar-refractivity contribution in [2.45, 2.75) is 38.9 Å². The molecule has 0 radical (unpaired) electrons. The first kappa shape index (κ1) is 15.7. The van der Waals surface area contributed by atoms with Gasteiger partial charge in [0.15, 0.2) is 0 Å². The lowest BCUT2D eigenvalue weighted by molar-refractivity contribution is -0.139. The van der Waals surface area contributed by atoms with Gasteiger partial charge >= 0.3 is 0 Å². The zero-order valence-corrected chi connectivity index (χ0v) is 13.8. The molecule has 0 bridgehead atoms. The normalized spacial score (nSPS) is 26.6. The average Bonchev–Trinajstić information content (AvgIpc) is 3.11. The van der Waals surface area contributed by atoms with Crippen LogP contribution in [0.2, 0.25) is 0 Å². The molecule has 0 N–H and O–H groups in total. The number of carbonyl (C=O) groups excluding carboxylic acids is 2. The Kier molecular flexibility index (Phi) is 4.67. The highest BCUT2D eigenvalue weighted by molar-refractivity contribution is 8.01. The fourth-order valence-electron chi connectivity index (χ4n) is 2.45. The minimum atomic E-state index is 0.121. The summed E-state index contributed by atoms with van der Waals surface area (Å²) in [4.78, 5) is 28.1. The molecule has 2 amide bonds. The lowest BCUT2D eigenvalue weighted by Crippen LogP contribution is -2.51. The highest BCUT2D eigenvalue weighted by Crippen LogP contribution is 2.39. The molecule has 4 nitrogen and oxygen atoms in total. The molecule has 2 rings (SSSR count). The lowest BCUT2D eigenvalue weighted by Gasteiger charge is -2.35. The van der Waals surface area contributed by atoms with E-state index >= 15 is 0 Å². The molecule has 20 heavy (non-hydrogen) atoms. The number of piperazine rings is 1. The van der Waals surface area contributed by atoms with Gasteiger partial charge in [0.2, 0.25) is 11.8 Å². The minimum absolute atomic E-state index is 0.121. The Morgan fingerprint density at radius 1 is 1.10 bits per heavy atom. The maximum atomic E-state index is 12.1. The van der Waals surface area contributed by atoms with E-state index in [0.29, 0.717) is 43.8 Å². The van der Waals surface area contributed by atoms with Crippen LogP contribution in [-0.4, -0.2) is 58.3 Å². The number of amides is 2. The number of nitrogens with zero attached hydrogens (tertiary/aromatic N) is 2. The Balaban J connectivity index is 1.73. The van der Waals surface area contributed by atoms with Crippen molar-refractivity contribution in [2.75, 3.05) is 31.9 Å². The van der Waals surface area contributed by atoms with Gasteiger partial charge in [-0.25, -0.2) is 0 Å². The van der Waals surface area contributed by atoms with Crippen LogP contribution in [0.1, 0.15) is 34.1 Å². The van der Waals surface area contributed by atoms with Gasteiger partial charge in [0.1, 0.15) is 0 Å². The van der Waals surface area contributed by atoms with Crippen LogP contribution in [0.15, 0.2) is 0 Å². The first-order valence-electron chi connectivity index (χ1n) is 7.48. The monoisotopic (exact) mass is 298 g/mol. The summed E-state index contributed by atoms with van der Waals surface area (Å²) in [5.41, 5.74) is 0. The molecule has 1 heterocycles. The van der Waals surface area contributed by atoms with Gasteiger partial charge in [0, 0.05) is 36.8 Å². The predicted octanol–water partition coefficient (Wildman–Crippen LogP) is 1.84. The van der Waals surface area contributed by atoms with E-state index in [0.717, 1.165) is 6.42 Å². The molecule has 1 saturated heterocycles. The van der Waals surface area contributed by atoms with Crippen molar-refractivity contribution in [3.63, 3.8) is 0 Å². The molecular weight excluding hydrogens is 272 g/mol. The SMILES string of the molecule is CC1CC1C(=O)N1CCN(C(=O)CSC(C)(C)C)CC1. The Morgan fingerprint density at radius 2 is 1.60 bits per heavy atom. The van der Waals surface area contributed by atoms with E-state index in [9.17, 15) is 9.59 Å². The van der Waals surface area contributed by atoms with Crippen LogP contribution in [-0.2, 0) is 9.59 Å². The third-order valence-electron chi connectivity index (χ3n) is 4.00. The van der Waals surface area contributed by atoms with E-state index in [1.807, 2.05) is 9.80 Å². The Morgan fingerprint density at radius 3 is 2.05 bits per heavy atom. The summed E-state index contributed by atoms with van der Waals surface area (Å²) >= 11 is 1.69. The van der Waals surface area contributed by atoms with Crippen LogP contribution in [0.25, 0.3) is 0 Å². The first-order chi connectivity index (χ1) is 9.28. The standard InChI is InChI=1S/C15H26N2O2S/c1-11-9-12(11)14(19)17-7-5-16(6-8-17)13(18)10-20-15(2,3)4/h11-12H,5-10H2,1-4H3. The molecule has 2 unspecified atom stereocenters. The summed E-state index contributed by atoms with van der Waals surface area (Å²) in [5, 5.41) is 0. The van der Waals surface area contributed by atoms with Gasteiger partial charge in [0.25, 0.3) is 0 Å². The van der Waals surface area contributed by atoms with E-state index in [1.54, 1.807) is 11.8 Å². The third kappa shape index (κ3) is 4.14. The molecule has 0 spiro atoms. The zero-order valence-electron chi connectivity index (χ0n) is 13.0. The van der Waals surface area contributed by atoms with Gasteiger partial charge < -0.3 is 9.80 Å². The van der Waals surface area contributed by atoms with Crippen LogP contribution < -0.4 is 0 Å². The van der Waals surface area contributed by atoms with Crippen molar-refractivity contribution in [3.8, 4) is 0 Å². The van der Waals surface area contributed by atoms with E-state index in [-0.39, 0.29) is 16.6 Å². The van der Waals surface area contributed by atoms with Gasteiger partial charge in [-0.05, 0) is 12.3 Å². The number of hydrogen-bond acceptors (Lipinski definition) is 3. The quantitative estimate of drug-likeness (QED) is 0.798. The van der Waals surface area contributed by atoms with Gasteiger partial charge in [0.05, 0.1) is 5.75 Å². The summed E-state index contributed by atoms with van der Waals surface area (Å²) in [7, 11) is 0. The van der Waals surface area contributed by atoms with Crippen LogP contribution in [0.4, 0.5) is 0 Å². The topological polar surface area (TPSA) is 40.6 Å². The number of hydrogen-bond donors (Lipinski definition) is 0. The maximum absolute atomic E-state index is 12.1. The fraction of sp³-hybridized carbons (Fsp3) is 0.867. The van der Waals surface area contributed by atoms with Crippen molar-refractivity contribution in [2.24, 2.45) is 11.8 Å². The second-order valence-corrected chi connectivity index (χ2v) is 8.73. The largest absolute Gasteiger partial charge is 0.339 e. The molecule has 2 aliphatic rings. The summed E-state index contributed by atoms with van der Waals surface area (Å²) < 4.78 is 0.121. The molecule has 0 aromatic rings.